The first-order valence-electron chi connectivity index (χ1n) is 11.9. The number of carbonyl (C=O) groups is 2. The van der Waals surface area contributed by atoms with E-state index in [1.54, 1.807) is 4.57 Å². The summed E-state index contributed by atoms with van der Waals surface area (Å²) < 4.78 is 8.66. The van der Waals surface area contributed by atoms with Gasteiger partial charge < -0.3 is 24.5 Å². The third-order valence-electron chi connectivity index (χ3n) is 7.02. The molecule has 2 amide bonds. The predicted octanol–water partition coefficient (Wildman–Crippen LogP) is 3.35. The zero-order valence-electron chi connectivity index (χ0n) is 19.0. The van der Waals surface area contributed by atoms with Crippen molar-refractivity contribution in [2.75, 3.05) is 20.2 Å². The summed E-state index contributed by atoms with van der Waals surface area (Å²) in [6.45, 7) is 2.04. The zero-order valence-corrected chi connectivity index (χ0v) is 19.0. The Kier molecular flexibility index (Phi) is 7.29. The van der Waals surface area contributed by atoms with Crippen molar-refractivity contribution in [3.8, 4) is 0 Å². The summed E-state index contributed by atoms with van der Waals surface area (Å²) in [5, 5.41) is 0. The number of aromatic nitrogens is 2. The van der Waals surface area contributed by atoms with Crippen molar-refractivity contribution >= 4 is 23.0 Å². The molecule has 1 saturated heterocycles. The first-order chi connectivity index (χ1) is 15.6. The van der Waals surface area contributed by atoms with Crippen LogP contribution in [0.5, 0.6) is 0 Å². The summed E-state index contributed by atoms with van der Waals surface area (Å²) in [4.78, 5) is 30.8. The van der Waals surface area contributed by atoms with E-state index in [-0.39, 0.29) is 12.6 Å². The summed E-state index contributed by atoms with van der Waals surface area (Å²) in [5.41, 5.74) is 7.76. The van der Waals surface area contributed by atoms with E-state index in [4.69, 9.17) is 10.5 Å². The maximum atomic E-state index is 12.1. The van der Waals surface area contributed by atoms with Crippen molar-refractivity contribution in [2.45, 2.75) is 76.4 Å². The van der Waals surface area contributed by atoms with E-state index < -0.39 is 12.0 Å². The van der Waals surface area contributed by atoms with Gasteiger partial charge in [-0.1, -0.05) is 44.2 Å². The van der Waals surface area contributed by atoms with Gasteiger partial charge in [0.25, 0.3) is 0 Å². The number of piperidine rings is 1. The molecule has 32 heavy (non-hydrogen) atoms. The lowest BCUT2D eigenvalue weighted by Gasteiger charge is -2.39. The second-order valence-electron chi connectivity index (χ2n) is 9.06. The molecule has 2 aromatic rings. The number of hydrogen-bond donors (Lipinski definition) is 1. The molecule has 2 aliphatic rings. The van der Waals surface area contributed by atoms with Gasteiger partial charge in [0, 0.05) is 25.2 Å². The largest absolute Gasteiger partial charge is 0.451 e. The van der Waals surface area contributed by atoms with E-state index in [2.05, 4.69) is 14.5 Å². The lowest BCUT2D eigenvalue weighted by molar-refractivity contribution is -0.118. The summed E-state index contributed by atoms with van der Waals surface area (Å²) in [6, 6.07) is 8.74. The highest BCUT2D eigenvalue weighted by Crippen LogP contribution is 2.30. The van der Waals surface area contributed by atoms with Crippen LogP contribution in [0.25, 0.3) is 11.0 Å². The van der Waals surface area contributed by atoms with Crippen LogP contribution < -0.4 is 11.4 Å². The highest BCUT2D eigenvalue weighted by molar-refractivity contribution is 5.80. The molecule has 174 valence electrons. The Bertz CT molecular complexity index is 1010. The molecule has 8 heteroatoms. The number of ether oxygens (including phenoxy) is 1. The molecule has 0 unspecified atom stereocenters. The van der Waals surface area contributed by atoms with E-state index >= 15 is 0 Å². The van der Waals surface area contributed by atoms with Crippen molar-refractivity contribution in [1.29, 1.82) is 0 Å². The standard InChI is InChI=1S/C24H35N5O3/c1-32-24(31)26-23-28(17-22(25)30)20-11-7-8-12-21(20)29(23)19-13-15-27(16-14-19)18-9-5-3-2-4-6-10-18/h7-8,11-12,18-19H,2-6,9-10,13-17H2,1H3,(H2,25,30)/b26-23-. The summed E-state index contributed by atoms with van der Waals surface area (Å²) in [6.07, 6.45) is 10.7. The molecule has 0 radical (unpaired) electrons. The molecule has 0 bridgehead atoms. The van der Waals surface area contributed by atoms with Crippen LogP contribution in [0.3, 0.4) is 0 Å². The minimum atomic E-state index is -0.681. The number of amides is 2. The van der Waals surface area contributed by atoms with Crippen LogP contribution >= 0.6 is 0 Å². The maximum absolute atomic E-state index is 12.1. The molecule has 1 saturated carbocycles. The number of methoxy groups -OCH3 is 1. The molecule has 8 nitrogen and oxygen atoms in total. The van der Waals surface area contributed by atoms with Gasteiger partial charge >= 0.3 is 6.09 Å². The monoisotopic (exact) mass is 441 g/mol. The number of nitrogens with two attached hydrogens (primary N) is 1. The third kappa shape index (κ3) is 4.90. The molecule has 4 rings (SSSR count). The van der Waals surface area contributed by atoms with E-state index in [9.17, 15) is 9.59 Å². The molecule has 0 atom stereocenters. The molecule has 1 aliphatic carbocycles. The van der Waals surface area contributed by atoms with Crippen LogP contribution in [0.1, 0.15) is 63.8 Å². The van der Waals surface area contributed by atoms with Gasteiger partial charge in [-0.05, 0) is 37.8 Å². The van der Waals surface area contributed by atoms with Crippen molar-refractivity contribution < 1.29 is 14.3 Å². The second kappa shape index (κ2) is 10.3. The number of imidazole rings is 1. The predicted molar refractivity (Wildman–Crippen MR) is 123 cm³/mol. The molecule has 1 aliphatic heterocycles. The quantitative estimate of drug-likeness (QED) is 0.787. The Balaban J connectivity index is 1.65. The van der Waals surface area contributed by atoms with Gasteiger partial charge in [0.1, 0.15) is 6.54 Å². The lowest BCUT2D eigenvalue weighted by Crippen LogP contribution is -2.44. The Hall–Kier alpha value is -2.61. The highest BCUT2D eigenvalue weighted by Gasteiger charge is 2.28. The lowest BCUT2D eigenvalue weighted by atomic mass is 9.93. The van der Waals surface area contributed by atoms with Gasteiger partial charge in [-0.25, -0.2) is 4.79 Å². The fraction of sp³-hybridized carbons (Fsp3) is 0.625. The number of nitrogens with zero attached hydrogens (tertiary/aromatic N) is 4. The average molecular weight is 442 g/mol. The molecular weight excluding hydrogens is 406 g/mol. The van der Waals surface area contributed by atoms with Gasteiger partial charge in [0.15, 0.2) is 0 Å². The molecular formula is C24H35N5O3. The SMILES string of the molecule is COC(=O)/N=c1/n(CC(N)=O)c2ccccc2n1C1CCN(C2CCCCCCC2)CC1. The number of benzene rings is 1. The van der Waals surface area contributed by atoms with Crippen molar-refractivity contribution in [3.05, 3.63) is 29.9 Å². The van der Waals surface area contributed by atoms with Gasteiger partial charge in [-0.15, -0.1) is 4.99 Å². The van der Waals surface area contributed by atoms with E-state index in [1.165, 1.54) is 52.1 Å². The Morgan fingerprint density at radius 1 is 0.969 bits per heavy atom. The molecule has 2 heterocycles. The fourth-order valence-electron chi connectivity index (χ4n) is 5.46. The van der Waals surface area contributed by atoms with Crippen LogP contribution in [0.2, 0.25) is 0 Å². The normalized spacial score (nSPS) is 20.2. The van der Waals surface area contributed by atoms with Crippen LogP contribution in [-0.4, -0.2) is 52.3 Å². The highest BCUT2D eigenvalue weighted by atomic mass is 16.5. The third-order valence-corrected chi connectivity index (χ3v) is 7.02. The van der Waals surface area contributed by atoms with Gasteiger partial charge in [-0.2, -0.15) is 0 Å². The minimum absolute atomic E-state index is 0.0374. The van der Waals surface area contributed by atoms with Crippen LogP contribution in [0, 0.1) is 0 Å². The Morgan fingerprint density at radius 3 is 2.22 bits per heavy atom. The van der Waals surface area contributed by atoms with Gasteiger partial charge in [0.05, 0.1) is 18.1 Å². The Labute approximate surface area is 189 Å². The molecule has 1 aromatic carbocycles. The number of primary amides is 1. The zero-order chi connectivity index (χ0) is 22.5. The molecule has 0 spiro atoms. The van der Waals surface area contributed by atoms with Crippen LogP contribution in [0.15, 0.2) is 29.3 Å². The van der Waals surface area contributed by atoms with Gasteiger partial charge in [-0.3, -0.25) is 4.79 Å². The number of hydrogen-bond acceptors (Lipinski definition) is 4. The summed E-state index contributed by atoms with van der Waals surface area (Å²) in [7, 11) is 1.31. The Morgan fingerprint density at radius 2 is 1.59 bits per heavy atom. The molecule has 2 fully saturated rings. The van der Waals surface area contributed by atoms with Crippen molar-refractivity contribution in [2.24, 2.45) is 10.7 Å². The van der Waals surface area contributed by atoms with E-state index in [1.807, 2.05) is 24.3 Å². The number of likely N-dealkylation sites (tertiary alicyclic amines) is 1. The fourth-order valence-corrected chi connectivity index (χ4v) is 5.46. The molecule has 1 aromatic heterocycles. The van der Waals surface area contributed by atoms with E-state index in [0.29, 0.717) is 11.7 Å². The molecule has 2 N–H and O–H groups in total. The van der Waals surface area contributed by atoms with Crippen molar-refractivity contribution in [1.82, 2.24) is 14.0 Å². The average Bonchev–Trinajstić information content (AvgIpc) is 3.06. The minimum Gasteiger partial charge on any atom is -0.451 e. The van der Waals surface area contributed by atoms with E-state index in [0.717, 1.165) is 37.0 Å². The summed E-state index contributed by atoms with van der Waals surface area (Å²) in [5.74, 6) is -0.474. The smallest absolute Gasteiger partial charge is 0.436 e. The summed E-state index contributed by atoms with van der Waals surface area (Å²) >= 11 is 0. The number of carbonyl (C=O) groups excluding carboxylic acids is 2. The number of rotatable bonds is 4. The first kappa shape index (κ1) is 22.6. The van der Waals surface area contributed by atoms with Crippen molar-refractivity contribution in [3.63, 3.8) is 0 Å². The van der Waals surface area contributed by atoms with Gasteiger partial charge in [0.2, 0.25) is 11.5 Å². The van der Waals surface area contributed by atoms with Crippen LogP contribution in [-0.2, 0) is 16.1 Å². The first-order valence-corrected chi connectivity index (χ1v) is 11.9. The maximum Gasteiger partial charge on any atom is 0.436 e. The van der Waals surface area contributed by atoms with Crippen LogP contribution in [0.4, 0.5) is 4.79 Å². The number of para-hydroxylation sites is 2. The second-order valence-corrected chi connectivity index (χ2v) is 9.06. The topological polar surface area (TPSA) is 94.9 Å². The number of fused-ring (bicyclic) bond motifs is 1.